The quantitative estimate of drug-likeness (QED) is 0.726. The van der Waals surface area contributed by atoms with E-state index in [1.165, 1.54) is 0 Å². The molecule has 1 aromatic carbocycles. The van der Waals surface area contributed by atoms with Crippen molar-refractivity contribution in [2.45, 2.75) is 33.8 Å². The first-order valence-corrected chi connectivity index (χ1v) is 7.48. The predicted molar refractivity (Wildman–Crippen MR) is 80.0 cm³/mol. The van der Waals surface area contributed by atoms with Gasteiger partial charge in [-0.3, -0.25) is 0 Å². The van der Waals surface area contributed by atoms with Gasteiger partial charge in [-0.1, -0.05) is 39.3 Å². The van der Waals surface area contributed by atoms with Gasteiger partial charge in [-0.25, -0.2) is 0 Å². The second-order valence-electron chi connectivity index (χ2n) is 6.27. The molecule has 1 aliphatic heterocycles. The van der Waals surface area contributed by atoms with E-state index in [1.54, 1.807) is 0 Å². The molecule has 1 unspecified atom stereocenters. The fourth-order valence-corrected chi connectivity index (χ4v) is 2.03. The fraction of sp³-hybridized carbons (Fsp3) is 0.647. The number of rotatable bonds is 8. The SMILES string of the molecule is CCC(C)COc1cccc(COCC2(C)COC2)c1. The molecule has 1 atom stereocenters. The number of hydrogen-bond donors (Lipinski definition) is 0. The lowest BCUT2D eigenvalue weighted by Gasteiger charge is -2.37. The molecule has 1 aromatic rings. The van der Waals surface area contributed by atoms with Crippen molar-refractivity contribution < 1.29 is 14.2 Å². The van der Waals surface area contributed by atoms with Crippen LogP contribution in [0.25, 0.3) is 0 Å². The highest BCUT2D eigenvalue weighted by atomic mass is 16.5. The van der Waals surface area contributed by atoms with Crippen LogP contribution in [-0.4, -0.2) is 26.4 Å². The molecule has 112 valence electrons. The molecule has 0 saturated carbocycles. The van der Waals surface area contributed by atoms with Gasteiger partial charge < -0.3 is 14.2 Å². The summed E-state index contributed by atoms with van der Waals surface area (Å²) in [5.41, 5.74) is 1.38. The van der Waals surface area contributed by atoms with E-state index in [1.807, 2.05) is 12.1 Å². The topological polar surface area (TPSA) is 27.7 Å². The Hall–Kier alpha value is -1.06. The van der Waals surface area contributed by atoms with Crippen molar-refractivity contribution in [3.63, 3.8) is 0 Å². The lowest BCUT2D eigenvalue weighted by molar-refractivity contribution is -0.140. The Balaban J connectivity index is 1.76. The highest BCUT2D eigenvalue weighted by Gasteiger charge is 2.33. The summed E-state index contributed by atoms with van der Waals surface area (Å²) >= 11 is 0. The second-order valence-corrected chi connectivity index (χ2v) is 6.27. The first-order valence-electron chi connectivity index (χ1n) is 7.48. The molecule has 1 aliphatic rings. The Labute approximate surface area is 122 Å². The molecule has 2 rings (SSSR count). The van der Waals surface area contributed by atoms with Gasteiger partial charge in [0.25, 0.3) is 0 Å². The predicted octanol–water partition coefficient (Wildman–Crippen LogP) is 3.66. The fourth-order valence-electron chi connectivity index (χ4n) is 2.03. The van der Waals surface area contributed by atoms with Crippen LogP contribution in [0.5, 0.6) is 5.75 Å². The summed E-state index contributed by atoms with van der Waals surface area (Å²) in [6, 6.07) is 8.18. The zero-order chi connectivity index (χ0) is 14.4. The summed E-state index contributed by atoms with van der Waals surface area (Å²) in [7, 11) is 0. The molecule has 0 amide bonds. The van der Waals surface area contributed by atoms with Gasteiger partial charge in [0.05, 0.1) is 33.0 Å². The standard InChI is InChI=1S/C17H26O3/c1-4-14(2)9-20-16-7-5-6-15(8-16)10-18-11-17(3)12-19-13-17/h5-8,14H,4,9-13H2,1-3H3. The zero-order valence-corrected chi connectivity index (χ0v) is 12.9. The van der Waals surface area contributed by atoms with Crippen LogP contribution in [-0.2, 0) is 16.1 Å². The van der Waals surface area contributed by atoms with Gasteiger partial charge in [-0.2, -0.15) is 0 Å². The average Bonchev–Trinajstić information content (AvgIpc) is 2.43. The van der Waals surface area contributed by atoms with Crippen LogP contribution in [0.15, 0.2) is 24.3 Å². The maximum atomic E-state index is 5.80. The van der Waals surface area contributed by atoms with E-state index >= 15 is 0 Å². The van der Waals surface area contributed by atoms with Gasteiger partial charge in [0.1, 0.15) is 5.75 Å². The highest BCUT2D eigenvalue weighted by molar-refractivity contribution is 5.28. The van der Waals surface area contributed by atoms with Crippen LogP contribution >= 0.6 is 0 Å². The second kappa shape index (κ2) is 7.09. The summed E-state index contributed by atoms with van der Waals surface area (Å²) < 4.78 is 16.8. The van der Waals surface area contributed by atoms with Gasteiger partial charge in [-0.05, 0) is 23.6 Å². The smallest absolute Gasteiger partial charge is 0.119 e. The van der Waals surface area contributed by atoms with Crippen molar-refractivity contribution in [2.24, 2.45) is 11.3 Å². The minimum Gasteiger partial charge on any atom is -0.493 e. The zero-order valence-electron chi connectivity index (χ0n) is 12.9. The molecule has 1 heterocycles. The van der Waals surface area contributed by atoms with Crippen LogP contribution in [0.3, 0.4) is 0 Å². The lowest BCUT2D eigenvalue weighted by Crippen LogP contribution is -2.43. The van der Waals surface area contributed by atoms with Crippen LogP contribution in [0.4, 0.5) is 0 Å². The van der Waals surface area contributed by atoms with Gasteiger partial charge >= 0.3 is 0 Å². The van der Waals surface area contributed by atoms with Crippen molar-refractivity contribution in [1.82, 2.24) is 0 Å². The van der Waals surface area contributed by atoms with E-state index in [0.717, 1.165) is 44.2 Å². The summed E-state index contributed by atoms with van der Waals surface area (Å²) in [5.74, 6) is 1.53. The molecule has 3 nitrogen and oxygen atoms in total. The van der Waals surface area contributed by atoms with Crippen molar-refractivity contribution in [1.29, 1.82) is 0 Å². The van der Waals surface area contributed by atoms with Crippen LogP contribution in [0.2, 0.25) is 0 Å². The number of hydrogen-bond acceptors (Lipinski definition) is 3. The van der Waals surface area contributed by atoms with Gasteiger partial charge in [-0.15, -0.1) is 0 Å². The lowest BCUT2D eigenvalue weighted by atomic mass is 9.90. The molecule has 0 N–H and O–H groups in total. The molecular weight excluding hydrogens is 252 g/mol. The average molecular weight is 278 g/mol. The van der Waals surface area contributed by atoms with Crippen LogP contribution < -0.4 is 4.74 Å². The normalized spacial score (nSPS) is 18.4. The number of benzene rings is 1. The molecule has 1 saturated heterocycles. The minimum absolute atomic E-state index is 0.213. The third-order valence-electron chi connectivity index (χ3n) is 3.75. The summed E-state index contributed by atoms with van der Waals surface area (Å²) in [6.07, 6.45) is 1.14. The van der Waals surface area contributed by atoms with E-state index < -0.39 is 0 Å². The van der Waals surface area contributed by atoms with Gasteiger partial charge in [0.2, 0.25) is 0 Å². The van der Waals surface area contributed by atoms with E-state index in [4.69, 9.17) is 14.2 Å². The van der Waals surface area contributed by atoms with Crippen molar-refractivity contribution >= 4 is 0 Å². The molecule has 0 aromatic heterocycles. The van der Waals surface area contributed by atoms with Gasteiger partial charge in [0.15, 0.2) is 0 Å². The molecule has 3 heteroatoms. The van der Waals surface area contributed by atoms with Gasteiger partial charge in [0, 0.05) is 5.41 Å². The molecule has 0 spiro atoms. The highest BCUT2D eigenvalue weighted by Crippen LogP contribution is 2.27. The molecule has 20 heavy (non-hydrogen) atoms. The molecule has 0 radical (unpaired) electrons. The van der Waals surface area contributed by atoms with Crippen molar-refractivity contribution in [3.05, 3.63) is 29.8 Å². The van der Waals surface area contributed by atoms with Crippen LogP contribution in [0.1, 0.15) is 32.8 Å². The maximum absolute atomic E-state index is 5.80. The molecule has 1 fully saturated rings. The number of ether oxygens (including phenoxy) is 3. The Morgan fingerprint density at radius 2 is 2.15 bits per heavy atom. The van der Waals surface area contributed by atoms with Crippen LogP contribution in [0, 0.1) is 11.3 Å². The molecular formula is C17H26O3. The third-order valence-corrected chi connectivity index (χ3v) is 3.75. The Morgan fingerprint density at radius 3 is 2.80 bits per heavy atom. The summed E-state index contributed by atoms with van der Waals surface area (Å²) in [6.45, 7) is 10.4. The maximum Gasteiger partial charge on any atom is 0.119 e. The Morgan fingerprint density at radius 1 is 1.35 bits per heavy atom. The first kappa shape index (κ1) is 15.3. The first-order chi connectivity index (χ1) is 9.61. The largest absolute Gasteiger partial charge is 0.493 e. The van der Waals surface area contributed by atoms with Crippen molar-refractivity contribution in [3.8, 4) is 5.75 Å². The van der Waals surface area contributed by atoms with E-state index in [-0.39, 0.29) is 5.41 Å². The third kappa shape index (κ3) is 4.50. The molecule has 0 aliphatic carbocycles. The molecule has 0 bridgehead atoms. The van der Waals surface area contributed by atoms with Crippen molar-refractivity contribution in [2.75, 3.05) is 26.4 Å². The minimum atomic E-state index is 0.213. The van der Waals surface area contributed by atoms with E-state index in [9.17, 15) is 0 Å². The summed E-state index contributed by atoms with van der Waals surface area (Å²) in [5, 5.41) is 0. The monoisotopic (exact) mass is 278 g/mol. The van der Waals surface area contributed by atoms with E-state index in [2.05, 4.69) is 32.9 Å². The Bertz CT molecular complexity index is 412. The Kier molecular flexibility index (Phi) is 5.44. The summed E-state index contributed by atoms with van der Waals surface area (Å²) in [4.78, 5) is 0. The van der Waals surface area contributed by atoms with E-state index in [0.29, 0.717) is 12.5 Å².